The Morgan fingerprint density at radius 2 is 2.00 bits per heavy atom. The fraction of sp³-hybridized carbons (Fsp3) is 0.450. The monoisotopic (exact) mass is 371 g/mol. The number of hydrogen-bond acceptors (Lipinski definition) is 5. The maximum atomic E-state index is 13.3. The number of nitrogens with zero attached hydrogens (tertiary/aromatic N) is 4. The van der Waals surface area contributed by atoms with Gasteiger partial charge in [0.15, 0.2) is 0 Å². The lowest BCUT2D eigenvalue weighted by Crippen LogP contribution is -2.40. The molecule has 0 spiro atoms. The third kappa shape index (κ3) is 4.24. The number of likely N-dealkylation sites (N-methyl/N-ethyl adjacent to an activating group) is 1. The van der Waals surface area contributed by atoms with Crippen LogP contribution in [0.2, 0.25) is 0 Å². The van der Waals surface area contributed by atoms with E-state index in [0.29, 0.717) is 19.6 Å². The van der Waals surface area contributed by atoms with Crippen LogP contribution < -0.4 is 5.73 Å². The number of likely N-dealkylation sites (tertiary alicyclic amines) is 1. The van der Waals surface area contributed by atoms with E-state index in [4.69, 9.17) is 5.73 Å². The molecule has 1 aliphatic rings. The molecule has 1 aromatic carbocycles. The summed E-state index contributed by atoms with van der Waals surface area (Å²) in [6.07, 6.45) is 3.58. The molecular weight excluding hydrogens is 345 g/mol. The highest BCUT2D eigenvalue weighted by Gasteiger charge is 2.31. The van der Waals surface area contributed by atoms with Crippen molar-refractivity contribution in [3.8, 4) is 11.1 Å². The molecule has 1 saturated heterocycles. The van der Waals surface area contributed by atoms with Crippen molar-refractivity contribution in [2.45, 2.75) is 32.7 Å². The second-order valence-corrected chi connectivity index (χ2v) is 6.73. The van der Waals surface area contributed by atoms with Crippen molar-refractivity contribution in [2.24, 2.45) is 0 Å². The molecule has 0 saturated carbocycles. The van der Waals surface area contributed by atoms with Crippen LogP contribution in [0.25, 0.3) is 11.1 Å². The number of halogens is 1. The summed E-state index contributed by atoms with van der Waals surface area (Å²) in [5, 5.41) is 0. The zero-order valence-corrected chi connectivity index (χ0v) is 15.9. The number of rotatable bonds is 6. The molecule has 0 bridgehead atoms. The Labute approximate surface area is 159 Å². The van der Waals surface area contributed by atoms with Crippen LogP contribution in [0.1, 0.15) is 38.4 Å². The SMILES string of the molecule is CCN(CC)C(=O)CN1CCC[C@H]1c1nc(N)ncc1-c1ccc(F)cc1. The first-order valence-electron chi connectivity index (χ1n) is 9.43. The first-order valence-corrected chi connectivity index (χ1v) is 9.43. The standard InChI is InChI=1S/C20H26FN5O/c1-3-25(4-2)18(27)13-26-11-5-6-17(26)19-16(12-23-20(22)24-19)14-7-9-15(21)10-8-14/h7-10,12,17H,3-6,11,13H2,1-2H3,(H2,22,23,24)/t17-/m0/s1. The predicted molar refractivity (Wildman–Crippen MR) is 103 cm³/mol. The van der Waals surface area contributed by atoms with Gasteiger partial charge in [-0.25, -0.2) is 14.4 Å². The lowest BCUT2D eigenvalue weighted by atomic mass is 10.00. The van der Waals surface area contributed by atoms with Gasteiger partial charge in [-0.2, -0.15) is 0 Å². The number of aromatic nitrogens is 2. The van der Waals surface area contributed by atoms with Crippen molar-refractivity contribution in [3.63, 3.8) is 0 Å². The van der Waals surface area contributed by atoms with Gasteiger partial charge in [-0.1, -0.05) is 12.1 Å². The summed E-state index contributed by atoms with van der Waals surface area (Å²) >= 11 is 0. The third-order valence-corrected chi connectivity index (χ3v) is 5.13. The van der Waals surface area contributed by atoms with E-state index in [1.165, 1.54) is 12.1 Å². The Morgan fingerprint density at radius 1 is 1.30 bits per heavy atom. The van der Waals surface area contributed by atoms with Gasteiger partial charge in [0.25, 0.3) is 0 Å². The van der Waals surface area contributed by atoms with Crippen LogP contribution in [0.15, 0.2) is 30.5 Å². The van der Waals surface area contributed by atoms with Crippen molar-refractivity contribution in [2.75, 3.05) is 31.9 Å². The number of nitrogens with two attached hydrogens (primary N) is 1. The van der Waals surface area contributed by atoms with E-state index >= 15 is 0 Å². The Balaban J connectivity index is 1.91. The number of hydrogen-bond donors (Lipinski definition) is 1. The van der Waals surface area contributed by atoms with E-state index < -0.39 is 0 Å². The minimum atomic E-state index is -0.288. The molecule has 0 aliphatic carbocycles. The number of anilines is 1. The average Bonchev–Trinajstić information content (AvgIpc) is 3.11. The highest BCUT2D eigenvalue weighted by molar-refractivity contribution is 5.78. The molecule has 0 unspecified atom stereocenters. The Morgan fingerprint density at radius 3 is 2.67 bits per heavy atom. The largest absolute Gasteiger partial charge is 0.368 e. The molecule has 3 rings (SSSR count). The van der Waals surface area contributed by atoms with Crippen molar-refractivity contribution in [1.82, 2.24) is 19.8 Å². The molecule has 2 heterocycles. The Hall–Kier alpha value is -2.54. The van der Waals surface area contributed by atoms with Crippen LogP contribution in [-0.2, 0) is 4.79 Å². The van der Waals surface area contributed by atoms with E-state index in [0.717, 1.165) is 36.2 Å². The molecular formula is C20H26FN5O. The summed E-state index contributed by atoms with van der Waals surface area (Å²) in [4.78, 5) is 25.2. The molecule has 1 aliphatic heterocycles. The molecule has 7 heteroatoms. The van der Waals surface area contributed by atoms with Crippen molar-refractivity contribution in [1.29, 1.82) is 0 Å². The molecule has 1 atom stereocenters. The van der Waals surface area contributed by atoms with Crippen LogP contribution in [-0.4, -0.2) is 51.9 Å². The first-order chi connectivity index (χ1) is 13.0. The van der Waals surface area contributed by atoms with E-state index in [1.54, 1.807) is 18.3 Å². The van der Waals surface area contributed by atoms with Crippen LogP contribution in [0, 0.1) is 5.82 Å². The molecule has 6 nitrogen and oxygen atoms in total. The van der Waals surface area contributed by atoms with Gasteiger partial charge in [-0.3, -0.25) is 9.69 Å². The summed E-state index contributed by atoms with van der Waals surface area (Å²) in [5.41, 5.74) is 8.33. The zero-order chi connectivity index (χ0) is 19.4. The highest BCUT2D eigenvalue weighted by Crippen LogP contribution is 2.36. The molecule has 2 N–H and O–H groups in total. The number of carbonyl (C=O) groups is 1. The fourth-order valence-electron chi connectivity index (χ4n) is 3.69. The van der Waals surface area contributed by atoms with Crippen LogP contribution >= 0.6 is 0 Å². The lowest BCUT2D eigenvalue weighted by molar-refractivity contribution is -0.132. The summed E-state index contributed by atoms with van der Waals surface area (Å²) < 4.78 is 13.3. The van der Waals surface area contributed by atoms with Crippen molar-refractivity contribution in [3.05, 3.63) is 42.0 Å². The molecule has 0 radical (unpaired) electrons. The lowest BCUT2D eigenvalue weighted by Gasteiger charge is -2.28. The summed E-state index contributed by atoms with van der Waals surface area (Å²) in [5.74, 6) is 0.0408. The second kappa shape index (κ2) is 8.43. The zero-order valence-electron chi connectivity index (χ0n) is 15.9. The number of benzene rings is 1. The average molecular weight is 371 g/mol. The van der Waals surface area contributed by atoms with Gasteiger partial charge in [0, 0.05) is 24.8 Å². The molecule has 1 amide bonds. The van der Waals surface area contributed by atoms with Gasteiger partial charge in [0.2, 0.25) is 11.9 Å². The summed E-state index contributed by atoms with van der Waals surface area (Å²) in [6, 6.07) is 6.27. The van der Waals surface area contributed by atoms with E-state index in [2.05, 4.69) is 14.9 Å². The summed E-state index contributed by atoms with van der Waals surface area (Å²) in [6.45, 7) is 6.58. The molecule has 2 aromatic rings. The minimum Gasteiger partial charge on any atom is -0.368 e. The van der Waals surface area contributed by atoms with E-state index in [-0.39, 0.29) is 23.7 Å². The van der Waals surface area contributed by atoms with Gasteiger partial charge < -0.3 is 10.6 Å². The molecule has 1 fully saturated rings. The quantitative estimate of drug-likeness (QED) is 0.845. The van der Waals surface area contributed by atoms with Crippen molar-refractivity contribution >= 4 is 11.9 Å². The number of carbonyl (C=O) groups excluding carboxylic acids is 1. The Kier molecular flexibility index (Phi) is 6.01. The predicted octanol–water partition coefficient (Wildman–Crippen LogP) is 2.87. The highest BCUT2D eigenvalue weighted by atomic mass is 19.1. The van der Waals surface area contributed by atoms with Crippen LogP contribution in [0.4, 0.5) is 10.3 Å². The van der Waals surface area contributed by atoms with Crippen LogP contribution in [0.5, 0.6) is 0 Å². The van der Waals surface area contributed by atoms with E-state index in [9.17, 15) is 9.18 Å². The minimum absolute atomic E-state index is 0.00475. The third-order valence-electron chi connectivity index (χ3n) is 5.13. The topological polar surface area (TPSA) is 75.4 Å². The van der Waals surface area contributed by atoms with Gasteiger partial charge >= 0.3 is 0 Å². The number of amides is 1. The second-order valence-electron chi connectivity index (χ2n) is 6.73. The van der Waals surface area contributed by atoms with Gasteiger partial charge in [0.05, 0.1) is 18.3 Å². The maximum Gasteiger partial charge on any atom is 0.236 e. The van der Waals surface area contributed by atoms with Crippen molar-refractivity contribution < 1.29 is 9.18 Å². The molecule has 27 heavy (non-hydrogen) atoms. The Bertz CT molecular complexity index is 791. The smallest absolute Gasteiger partial charge is 0.236 e. The number of nitrogen functional groups attached to an aromatic ring is 1. The molecule has 144 valence electrons. The van der Waals surface area contributed by atoms with Gasteiger partial charge in [0.1, 0.15) is 5.82 Å². The van der Waals surface area contributed by atoms with Crippen LogP contribution in [0.3, 0.4) is 0 Å². The first kappa shape index (κ1) is 19.2. The fourth-order valence-corrected chi connectivity index (χ4v) is 3.69. The summed E-state index contributed by atoms with van der Waals surface area (Å²) in [7, 11) is 0. The maximum absolute atomic E-state index is 13.3. The van der Waals surface area contributed by atoms with Gasteiger partial charge in [-0.15, -0.1) is 0 Å². The van der Waals surface area contributed by atoms with E-state index in [1.807, 2.05) is 18.7 Å². The molecule has 1 aromatic heterocycles. The van der Waals surface area contributed by atoms with Gasteiger partial charge in [-0.05, 0) is 50.9 Å². The normalized spacial score (nSPS) is 17.2.